The first-order valence-corrected chi connectivity index (χ1v) is 3.68. The van der Waals surface area contributed by atoms with Gasteiger partial charge in [-0.25, -0.2) is 0 Å². The number of hydrogen-bond acceptors (Lipinski definition) is 3. The van der Waals surface area contributed by atoms with Crippen molar-refractivity contribution in [1.82, 2.24) is 0 Å². The molecule has 62 valence electrons. The molecule has 10 heavy (non-hydrogen) atoms. The van der Waals surface area contributed by atoms with Gasteiger partial charge in [0, 0.05) is 13.2 Å². The van der Waals surface area contributed by atoms with Crippen LogP contribution >= 0.6 is 0 Å². The van der Waals surface area contributed by atoms with Crippen LogP contribution in [-0.4, -0.2) is 30.0 Å². The van der Waals surface area contributed by atoms with Gasteiger partial charge in [-0.15, -0.1) is 0 Å². The second kappa shape index (κ2) is 5.65. The van der Waals surface area contributed by atoms with Crippen molar-refractivity contribution in [1.29, 1.82) is 0 Å². The summed E-state index contributed by atoms with van der Waals surface area (Å²) < 4.78 is 0. The molecule has 3 heteroatoms. The van der Waals surface area contributed by atoms with Crippen LogP contribution in [0.4, 0.5) is 0 Å². The first-order chi connectivity index (χ1) is 4.76. The Morgan fingerprint density at radius 3 is 2.30 bits per heavy atom. The lowest BCUT2D eigenvalue weighted by molar-refractivity contribution is 0.162. The van der Waals surface area contributed by atoms with Crippen molar-refractivity contribution < 1.29 is 10.2 Å². The maximum atomic E-state index is 8.76. The molecular weight excluding hydrogens is 130 g/mol. The van der Waals surface area contributed by atoms with Crippen LogP contribution in [0.25, 0.3) is 0 Å². The zero-order valence-corrected chi connectivity index (χ0v) is 6.45. The molecule has 0 saturated carbocycles. The third-order valence-corrected chi connectivity index (χ3v) is 1.93. The van der Waals surface area contributed by atoms with Crippen molar-refractivity contribution >= 4 is 0 Å². The highest BCUT2D eigenvalue weighted by molar-refractivity contribution is 4.65. The predicted molar refractivity (Wildman–Crippen MR) is 40.5 cm³/mol. The highest BCUT2D eigenvalue weighted by Crippen LogP contribution is 2.12. The molecule has 0 bridgehead atoms. The highest BCUT2D eigenvalue weighted by Gasteiger charge is 2.13. The van der Waals surface area contributed by atoms with Crippen LogP contribution in [-0.2, 0) is 0 Å². The third-order valence-electron chi connectivity index (χ3n) is 1.93. The molecule has 0 amide bonds. The van der Waals surface area contributed by atoms with E-state index < -0.39 is 0 Å². The molecule has 0 aliphatic carbocycles. The van der Waals surface area contributed by atoms with Crippen molar-refractivity contribution in [2.45, 2.75) is 13.3 Å². The minimum absolute atomic E-state index is 0.123. The van der Waals surface area contributed by atoms with Gasteiger partial charge in [-0.3, -0.25) is 0 Å². The molecule has 0 unspecified atom stereocenters. The van der Waals surface area contributed by atoms with E-state index in [1.54, 1.807) is 0 Å². The Hall–Kier alpha value is -0.120. The molecule has 0 aromatic rings. The Bertz CT molecular complexity index is 74.0. The topological polar surface area (TPSA) is 66.5 Å². The molecule has 0 saturated heterocycles. The van der Waals surface area contributed by atoms with Crippen molar-refractivity contribution in [3.63, 3.8) is 0 Å². The van der Waals surface area contributed by atoms with Crippen molar-refractivity contribution in [2.24, 2.45) is 17.6 Å². The summed E-state index contributed by atoms with van der Waals surface area (Å²) in [7, 11) is 0. The summed E-state index contributed by atoms with van der Waals surface area (Å²) in [5.74, 6) is 0.465. The van der Waals surface area contributed by atoms with Gasteiger partial charge in [0.25, 0.3) is 0 Å². The lowest BCUT2D eigenvalue weighted by atomic mass is 9.92. The van der Waals surface area contributed by atoms with Gasteiger partial charge < -0.3 is 15.9 Å². The zero-order valence-electron chi connectivity index (χ0n) is 6.45. The maximum absolute atomic E-state index is 8.76. The van der Waals surface area contributed by atoms with E-state index >= 15 is 0 Å². The largest absolute Gasteiger partial charge is 0.396 e. The quantitative estimate of drug-likeness (QED) is 0.494. The Kier molecular flexibility index (Phi) is 5.58. The number of aliphatic hydroxyl groups is 2. The zero-order chi connectivity index (χ0) is 7.98. The molecule has 0 aromatic heterocycles. The average molecular weight is 147 g/mol. The predicted octanol–water partition coefficient (Wildman–Crippen LogP) is -0.428. The number of aliphatic hydroxyl groups excluding tert-OH is 2. The van der Waals surface area contributed by atoms with E-state index in [1.165, 1.54) is 0 Å². The van der Waals surface area contributed by atoms with Gasteiger partial charge >= 0.3 is 0 Å². The molecule has 3 nitrogen and oxygen atoms in total. The number of nitrogens with two attached hydrogens (primary N) is 1. The lowest BCUT2D eigenvalue weighted by Crippen LogP contribution is -2.25. The van der Waals surface area contributed by atoms with Gasteiger partial charge in [0.2, 0.25) is 0 Å². The molecule has 0 aliphatic heterocycles. The Labute approximate surface area is 61.9 Å². The van der Waals surface area contributed by atoms with Crippen LogP contribution in [0.15, 0.2) is 0 Å². The van der Waals surface area contributed by atoms with E-state index in [0.717, 1.165) is 6.42 Å². The monoisotopic (exact) mass is 147 g/mol. The van der Waals surface area contributed by atoms with Crippen LogP contribution in [0.3, 0.4) is 0 Å². The average Bonchev–Trinajstić information content (AvgIpc) is 1.91. The Morgan fingerprint density at radius 2 is 2.00 bits per heavy atom. The van der Waals surface area contributed by atoms with Gasteiger partial charge in [-0.05, 0) is 24.8 Å². The lowest BCUT2D eigenvalue weighted by Gasteiger charge is -2.18. The fraction of sp³-hybridized carbons (Fsp3) is 1.00. The molecule has 0 aromatic carbocycles. The SMILES string of the molecule is C[C@H](CCO)[C@@H](CN)CO. The van der Waals surface area contributed by atoms with E-state index in [9.17, 15) is 0 Å². The summed E-state index contributed by atoms with van der Waals surface area (Å²) in [6.45, 7) is 2.79. The molecule has 0 spiro atoms. The first-order valence-electron chi connectivity index (χ1n) is 3.68. The molecule has 4 N–H and O–H groups in total. The maximum Gasteiger partial charge on any atom is 0.0473 e. The van der Waals surface area contributed by atoms with Gasteiger partial charge in [0.05, 0.1) is 0 Å². The fourth-order valence-electron chi connectivity index (χ4n) is 0.926. The Balaban J connectivity index is 3.53. The van der Waals surface area contributed by atoms with Gasteiger partial charge in [-0.2, -0.15) is 0 Å². The third kappa shape index (κ3) is 3.15. The van der Waals surface area contributed by atoms with E-state index in [0.29, 0.717) is 12.5 Å². The van der Waals surface area contributed by atoms with Crippen LogP contribution < -0.4 is 5.73 Å². The summed E-state index contributed by atoms with van der Waals surface area (Å²) in [6.07, 6.45) is 0.725. The van der Waals surface area contributed by atoms with E-state index in [1.807, 2.05) is 6.92 Å². The summed E-state index contributed by atoms with van der Waals surface area (Å²) in [5.41, 5.74) is 5.37. The molecular formula is C7H17NO2. The highest BCUT2D eigenvalue weighted by atomic mass is 16.3. The molecule has 0 rings (SSSR count). The standard InChI is InChI=1S/C7H17NO2/c1-6(2-3-9)7(4-8)5-10/h6-7,9-10H,2-5,8H2,1H3/t6-,7+/m1/s1. The second-order valence-corrected chi connectivity index (χ2v) is 2.67. The van der Waals surface area contributed by atoms with Crippen LogP contribution in [0, 0.1) is 11.8 Å². The summed E-state index contributed by atoms with van der Waals surface area (Å²) in [6, 6.07) is 0. The Morgan fingerprint density at radius 1 is 1.40 bits per heavy atom. The minimum Gasteiger partial charge on any atom is -0.396 e. The molecule has 0 heterocycles. The van der Waals surface area contributed by atoms with E-state index in [2.05, 4.69) is 0 Å². The number of rotatable bonds is 5. The minimum atomic E-state index is 0.123. The van der Waals surface area contributed by atoms with E-state index in [-0.39, 0.29) is 19.1 Å². The summed E-state index contributed by atoms with van der Waals surface area (Å²) >= 11 is 0. The summed E-state index contributed by atoms with van der Waals surface area (Å²) in [5, 5.41) is 17.3. The summed E-state index contributed by atoms with van der Waals surface area (Å²) in [4.78, 5) is 0. The van der Waals surface area contributed by atoms with E-state index in [4.69, 9.17) is 15.9 Å². The number of hydrogen-bond donors (Lipinski definition) is 3. The molecule has 0 fully saturated rings. The van der Waals surface area contributed by atoms with Gasteiger partial charge in [0.15, 0.2) is 0 Å². The molecule has 0 radical (unpaired) electrons. The second-order valence-electron chi connectivity index (χ2n) is 2.67. The van der Waals surface area contributed by atoms with Crippen molar-refractivity contribution in [3.8, 4) is 0 Å². The smallest absolute Gasteiger partial charge is 0.0473 e. The van der Waals surface area contributed by atoms with Gasteiger partial charge in [0.1, 0.15) is 0 Å². The molecule has 2 atom stereocenters. The molecule has 0 aliphatic rings. The van der Waals surface area contributed by atoms with Crippen molar-refractivity contribution in [3.05, 3.63) is 0 Å². The van der Waals surface area contributed by atoms with Crippen LogP contribution in [0.1, 0.15) is 13.3 Å². The van der Waals surface area contributed by atoms with Crippen LogP contribution in [0.2, 0.25) is 0 Å². The van der Waals surface area contributed by atoms with Crippen LogP contribution in [0.5, 0.6) is 0 Å². The van der Waals surface area contributed by atoms with Crippen molar-refractivity contribution in [2.75, 3.05) is 19.8 Å². The normalized spacial score (nSPS) is 16.8. The first kappa shape index (κ1) is 9.88. The fourth-order valence-corrected chi connectivity index (χ4v) is 0.926. The van der Waals surface area contributed by atoms with Gasteiger partial charge in [-0.1, -0.05) is 6.92 Å².